The molecule has 3 heteroatoms. The number of H-pyrrole nitrogens is 1. The fourth-order valence-corrected chi connectivity index (χ4v) is 8.01. The van der Waals surface area contributed by atoms with Crippen molar-refractivity contribution in [3.8, 4) is 23.7 Å². The number of aromatic amines is 1. The molecule has 1 aromatic carbocycles. The Hall–Kier alpha value is -4.68. The summed E-state index contributed by atoms with van der Waals surface area (Å²) in [4.78, 5) is 3.93. The van der Waals surface area contributed by atoms with Crippen molar-refractivity contribution in [1.29, 1.82) is 0 Å². The summed E-state index contributed by atoms with van der Waals surface area (Å²) in [6.45, 7) is 18.1. The molecule has 3 unspecified atom stereocenters. The minimum atomic E-state index is 0.234. The first kappa shape index (κ1) is 32.3. The summed E-state index contributed by atoms with van der Waals surface area (Å²) >= 11 is 0. The van der Waals surface area contributed by atoms with Crippen molar-refractivity contribution in [1.82, 2.24) is 4.98 Å². The minimum absolute atomic E-state index is 0.234. The second-order valence-corrected chi connectivity index (χ2v) is 13.8. The Labute approximate surface area is 281 Å². The van der Waals surface area contributed by atoms with Crippen LogP contribution in [-0.2, 0) is 6.42 Å². The Kier molecular flexibility index (Phi) is 9.33. The van der Waals surface area contributed by atoms with Gasteiger partial charge in [0.15, 0.2) is 18.4 Å². The topological polar surface area (TPSA) is 23.5 Å². The van der Waals surface area contributed by atoms with Crippen LogP contribution in [-0.4, -0.2) is 4.98 Å². The fraction of sp³-hybridized carbons (Fsp3) is 0.318. The van der Waals surface area contributed by atoms with Gasteiger partial charge in [0.1, 0.15) is 0 Å². The number of aryl methyl sites for hydroxylation is 1. The molecule has 6 rings (SSSR count). The number of fused-ring (bicyclic) bond motifs is 3. The lowest BCUT2D eigenvalue weighted by Crippen LogP contribution is -2.50. The molecule has 238 valence electrons. The Balaban J connectivity index is 1.55. The molecule has 1 aliphatic heterocycles. The van der Waals surface area contributed by atoms with Crippen LogP contribution in [0.1, 0.15) is 87.5 Å². The molecule has 1 aliphatic carbocycles. The van der Waals surface area contributed by atoms with Crippen molar-refractivity contribution in [3.05, 3.63) is 132 Å². The van der Waals surface area contributed by atoms with Crippen LogP contribution in [0.2, 0.25) is 0 Å². The normalized spacial score (nSPS) is 18.7. The SMILES string of the molecule is C#C[n+]1ccccc1-c1cc2c(C=C)c(C(C)[C@H](C/C=C\C)C(C)C)[nH]c2cc1CC1C(C)C2=C(C=CCC=C2)c2ccc(C)c[n+]21. The summed E-state index contributed by atoms with van der Waals surface area (Å²) in [6, 6.07) is 18.7. The fourth-order valence-electron chi connectivity index (χ4n) is 8.01. The highest BCUT2D eigenvalue weighted by Gasteiger charge is 2.39. The molecule has 1 N–H and O–H groups in total. The maximum Gasteiger partial charge on any atom is 0.228 e. The standard InChI is InChI=1S/C44H48N3/c1-9-12-18-35(29(4)5)32(8)44-34(10-2)39-27-38(41-21-16-17-24-46(41)11-3)33(25-40(39)45-44)26-43-31(7)36-19-14-13-15-20-37(36)42-23-22-30(6)28-47(42)43/h3,9-10,12,14-17,19-25,27-29,31-32,35,43H,2,13,18,26H2,1,4-8H3/q+1/p+1/b12-9-/t31?,32?,35-,43?/m1/s1. The van der Waals surface area contributed by atoms with Crippen molar-refractivity contribution in [2.75, 3.05) is 0 Å². The zero-order valence-electron chi connectivity index (χ0n) is 28.9. The summed E-state index contributed by atoms with van der Waals surface area (Å²) in [6.07, 6.45) is 29.1. The van der Waals surface area contributed by atoms with E-state index < -0.39 is 0 Å². The number of nitrogens with zero attached hydrogens (tertiary/aromatic N) is 2. The Morgan fingerprint density at radius 1 is 1.09 bits per heavy atom. The van der Waals surface area contributed by atoms with Gasteiger partial charge in [0.25, 0.3) is 0 Å². The van der Waals surface area contributed by atoms with Crippen LogP contribution in [0.3, 0.4) is 0 Å². The van der Waals surface area contributed by atoms with Gasteiger partial charge in [0, 0.05) is 69.8 Å². The van der Waals surface area contributed by atoms with E-state index in [1.54, 1.807) is 0 Å². The average Bonchev–Trinajstić information content (AvgIpc) is 3.24. The predicted octanol–water partition coefficient (Wildman–Crippen LogP) is 9.85. The molecule has 47 heavy (non-hydrogen) atoms. The van der Waals surface area contributed by atoms with E-state index >= 15 is 0 Å². The number of allylic oxidation sites excluding steroid dienone is 8. The second-order valence-electron chi connectivity index (χ2n) is 13.8. The van der Waals surface area contributed by atoms with Crippen molar-refractivity contribution in [2.24, 2.45) is 17.8 Å². The number of pyridine rings is 2. The lowest BCUT2D eigenvalue weighted by Gasteiger charge is -2.29. The molecule has 0 fully saturated rings. The van der Waals surface area contributed by atoms with Gasteiger partial charge in [-0.05, 0) is 80.4 Å². The maximum absolute atomic E-state index is 6.09. The lowest BCUT2D eigenvalue weighted by atomic mass is 9.79. The number of terminal acetylenes is 1. The largest absolute Gasteiger partial charge is 0.358 e. The third-order valence-corrected chi connectivity index (χ3v) is 10.6. The summed E-state index contributed by atoms with van der Waals surface area (Å²) in [5, 5.41) is 1.20. The van der Waals surface area contributed by atoms with Gasteiger partial charge < -0.3 is 4.98 Å². The van der Waals surface area contributed by atoms with Crippen molar-refractivity contribution in [3.63, 3.8) is 0 Å². The number of hydrogen-bond donors (Lipinski definition) is 1. The molecule has 4 heterocycles. The Morgan fingerprint density at radius 2 is 1.89 bits per heavy atom. The maximum atomic E-state index is 6.09. The second kappa shape index (κ2) is 13.6. The Morgan fingerprint density at radius 3 is 2.64 bits per heavy atom. The van der Waals surface area contributed by atoms with Crippen molar-refractivity contribution < 1.29 is 9.13 Å². The summed E-state index contributed by atoms with van der Waals surface area (Å²) in [7, 11) is 0. The van der Waals surface area contributed by atoms with Crippen LogP contribution in [0.4, 0.5) is 0 Å². The van der Waals surface area contributed by atoms with E-state index in [2.05, 4.69) is 143 Å². The van der Waals surface area contributed by atoms with Crippen molar-refractivity contribution in [2.45, 2.75) is 72.8 Å². The summed E-state index contributed by atoms with van der Waals surface area (Å²) in [5.74, 6) is 1.73. The molecule has 2 aliphatic rings. The highest BCUT2D eigenvalue weighted by atomic mass is 15.0. The summed E-state index contributed by atoms with van der Waals surface area (Å²) < 4.78 is 4.44. The molecule has 0 bridgehead atoms. The molecule has 3 nitrogen and oxygen atoms in total. The quantitative estimate of drug-likeness (QED) is 0.110. The zero-order chi connectivity index (χ0) is 33.2. The third kappa shape index (κ3) is 5.98. The number of aromatic nitrogens is 3. The van der Waals surface area contributed by atoms with Gasteiger partial charge in [-0.3, -0.25) is 0 Å². The molecular formula is C44H49N3+2. The molecule has 0 spiro atoms. The van der Waals surface area contributed by atoms with E-state index in [0.717, 1.165) is 30.5 Å². The first-order chi connectivity index (χ1) is 22.8. The predicted molar refractivity (Wildman–Crippen MR) is 198 cm³/mol. The summed E-state index contributed by atoms with van der Waals surface area (Å²) in [5.41, 5.74) is 12.4. The van der Waals surface area contributed by atoms with E-state index in [0.29, 0.717) is 23.7 Å². The van der Waals surface area contributed by atoms with E-state index in [9.17, 15) is 0 Å². The first-order valence-electron chi connectivity index (χ1n) is 17.3. The van der Waals surface area contributed by atoms with Crippen LogP contribution >= 0.6 is 0 Å². The smallest absolute Gasteiger partial charge is 0.228 e. The van der Waals surface area contributed by atoms with Gasteiger partial charge in [-0.2, -0.15) is 4.57 Å². The zero-order valence-corrected chi connectivity index (χ0v) is 28.9. The van der Waals surface area contributed by atoms with Crippen LogP contribution < -0.4 is 9.13 Å². The Bertz CT molecular complexity index is 1990. The lowest BCUT2D eigenvalue weighted by molar-refractivity contribution is -0.732. The highest BCUT2D eigenvalue weighted by molar-refractivity contribution is 5.94. The van der Waals surface area contributed by atoms with Gasteiger partial charge in [-0.25, -0.2) is 0 Å². The molecular weight excluding hydrogens is 571 g/mol. The molecule has 3 aromatic heterocycles. The monoisotopic (exact) mass is 619 g/mol. The van der Waals surface area contributed by atoms with E-state index in [1.165, 1.54) is 50.2 Å². The molecule has 0 radical (unpaired) electrons. The van der Waals surface area contributed by atoms with E-state index in [4.69, 9.17) is 6.42 Å². The number of nitrogens with one attached hydrogen (secondary N) is 1. The molecule has 4 aromatic rings. The highest BCUT2D eigenvalue weighted by Crippen LogP contribution is 2.42. The minimum Gasteiger partial charge on any atom is -0.358 e. The van der Waals surface area contributed by atoms with E-state index in [1.807, 2.05) is 22.9 Å². The molecule has 0 saturated heterocycles. The molecule has 4 atom stereocenters. The molecule has 0 saturated carbocycles. The number of rotatable bonds is 9. The van der Waals surface area contributed by atoms with Crippen LogP contribution in [0, 0.1) is 37.1 Å². The van der Waals surface area contributed by atoms with Crippen LogP contribution in [0.5, 0.6) is 0 Å². The van der Waals surface area contributed by atoms with Gasteiger partial charge in [0.05, 0.1) is 5.56 Å². The van der Waals surface area contributed by atoms with Crippen LogP contribution in [0.15, 0.2) is 103 Å². The van der Waals surface area contributed by atoms with E-state index in [-0.39, 0.29) is 6.04 Å². The van der Waals surface area contributed by atoms with Gasteiger partial charge in [0.2, 0.25) is 17.4 Å². The van der Waals surface area contributed by atoms with Gasteiger partial charge in [-0.15, -0.1) is 4.57 Å². The average molecular weight is 620 g/mol. The van der Waals surface area contributed by atoms with Crippen molar-refractivity contribution >= 4 is 22.6 Å². The van der Waals surface area contributed by atoms with Gasteiger partial charge >= 0.3 is 0 Å². The van der Waals surface area contributed by atoms with Gasteiger partial charge in [-0.1, -0.05) is 76.8 Å². The molecule has 0 amide bonds. The number of hydrogen-bond acceptors (Lipinski definition) is 0. The first-order valence-corrected chi connectivity index (χ1v) is 17.3. The number of benzene rings is 1. The third-order valence-electron chi connectivity index (χ3n) is 10.6. The van der Waals surface area contributed by atoms with Crippen LogP contribution in [0.25, 0.3) is 33.8 Å².